The minimum absolute atomic E-state index is 0.0172. The van der Waals surface area contributed by atoms with Gasteiger partial charge in [-0.3, -0.25) is 9.89 Å². The quantitative estimate of drug-likeness (QED) is 0.372. The topological polar surface area (TPSA) is 119 Å². The Morgan fingerprint density at radius 2 is 1.97 bits per heavy atom. The summed E-state index contributed by atoms with van der Waals surface area (Å²) in [5, 5.41) is 24.6. The van der Waals surface area contributed by atoms with E-state index < -0.39 is 5.60 Å². The van der Waals surface area contributed by atoms with Crippen molar-refractivity contribution < 1.29 is 9.90 Å². The summed E-state index contributed by atoms with van der Waals surface area (Å²) < 4.78 is 0. The number of nitrogens with one attached hydrogen (secondary N) is 3. The first-order chi connectivity index (χ1) is 15.9. The molecule has 5 rings (SSSR count). The number of aryl methyl sites for hydroxylation is 1. The number of carbonyl (C=O) groups excluding carboxylic acids is 1. The molecule has 3 heterocycles. The minimum atomic E-state index is -0.593. The highest BCUT2D eigenvalue weighted by molar-refractivity contribution is 7.99. The second kappa shape index (κ2) is 8.68. The lowest BCUT2D eigenvalue weighted by Gasteiger charge is -2.47. The standard InChI is InChI=1S/C23H27N7O2S/c1-3-21(31)24-16-6-8-17(9-7-16)33-22-26-18(25-19-10-14(2)28-29-19)11-20(27-22)30-12-23(32,13-30)15-4-5-15/h6-11,15,32H,3-5,12-13H2,1-2H3,(H,24,31)(H2,25,26,27,28,29). The van der Waals surface area contributed by atoms with Crippen LogP contribution in [0.5, 0.6) is 0 Å². The number of hydrogen-bond donors (Lipinski definition) is 4. The lowest BCUT2D eigenvalue weighted by atomic mass is 9.89. The van der Waals surface area contributed by atoms with Crippen LogP contribution in [0.4, 0.5) is 23.1 Å². The number of H-pyrrole nitrogens is 1. The monoisotopic (exact) mass is 465 g/mol. The van der Waals surface area contributed by atoms with E-state index in [1.807, 2.05) is 50.2 Å². The number of aromatic nitrogens is 4. The summed E-state index contributed by atoms with van der Waals surface area (Å²) in [6, 6.07) is 11.4. The molecular weight excluding hydrogens is 438 g/mol. The molecule has 3 aromatic rings. The third-order valence-corrected chi connectivity index (χ3v) is 6.79. The average molecular weight is 466 g/mol. The maximum absolute atomic E-state index is 11.6. The van der Waals surface area contributed by atoms with Crippen LogP contribution in [-0.2, 0) is 4.79 Å². The highest BCUT2D eigenvalue weighted by Gasteiger charge is 2.52. The summed E-state index contributed by atoms with van der Waals surface area (Å²) in [6.45, 7) is 4.94. The van der Waals surface area contributed by atoms with Gasteiger partial charge in [0, 0.05) is 34.8 Å². The molecule has 9 nitrogen and oxygen atoms in total. The molecule has 0 spiro atoms. The number of benzene rings is 1. The number of anilines is 4. The van der Waals surface area contributed by atoms with Crippen LogP contribution >= 0.6 is 11.8 Å². The van der Waals surface area contributed by atoms with Gasteiger partial charge in [0.05, 0.1) is 13.1 Å². The first-order valence-corrected chi connectivity index (χ1v) is 11.9. The Labute approximate surface area is 196 Å². The third kappa shape index (κ3) is 4.96. The number of β-amino-alcohol motifs (C(OH)–C–C–N with tert-alkyl or cyclic N) is 1. The van der Waals surface area contributed by atoms with Gasteiger partial charge in [0.15, 0.2) is 11.0 Å². The number of hydrogen-bond acceptors (Lipinski definition) is 8. The molecule has 2 aromatic heterocycles. The molecule has 1 saturated carbocycles. The van der Waals surface area contributed by atoms with Crippen molar-refractivity contribution in [2.24, 2.45) is 5.92 Å². The fraction of sp³-hybridized carbons (Fsp3) is 0.391. The van der Waals surface area contributed by atoms with Crippen molar-refractivity contribution in [3.05, 3.63) is 42.1 Å². The van der Waals surface area contributed by atoms with Crippen LogP contribution < -0.4 is 15.5 Å². The molecule has 1 aromatic carbocycles. The number of rotatable bonds is 8. The lowest BCUT2D eigenvalue weighted by molar-refractivity contribution is -0.115. The number of amides is 1. The molecule has 0 bridgehead atoms. The zero-order chi connectivity index (χ0) is 23.0. The molecular formula is C23H27N7O2S. The van der Waals surface area contributed by atoms with Gasteiger partial charge in [0.2, 0.25) is 5.91 Å². The molecule has 33 heavy (non-hydrogen) atoms. The van der Waals surface area contributed by atoms with Crippen LogP contribution in [0.25, 0.3) is 0 Å². The molecule has 4 N–H and O–H groups in total. The minimum Gasteiger partial charge on any atom is -0.386 e. The maximum atomic E-state index is 11.6. The SMILES string of the molecule is CCC(=O)Nc1ccc(Sc2nc(Nc3cc(C)[nH]n3)cc(N3CC(O)(C4CC4)C3)n2)cc1. The Morgan fingerprint density at radius 3 is 2.61 bits per heavy atom. The Kier molecular flexibility index (Phi) is 5.71. The molecule has 1 aliphatic heterocycles. The predicted molar refractivity (Wildman–Crippen MR) is 128 cm³/mol. The molecule has 1 amide bonds. The smallest absolute Gasteiger partial charge is 0.224 e. The number of aromatic amines is 1. The molecule has 0 radical (unpaired) electrons. The maximum Gasteiger partial charge on any atom is 0.224 e. The van der Waals surface area contributed by atoms with E-state index >= 15 is 0 Å². The van der Waals surface area contributed by atoms with E-state index in [2.05, 4.69) is 30.7 Å². The van der Waals surface area contributed by atoms with Gasteiger partial charge in [0.1, 0.15) is 17.2 Å². The van der Waals surface area contributed by atoms with Crippen LogP contribution in [0.3, 0.4) is 0 Å². The molecule has 0 unspecified atom stereocenters. The summed E-state index contributed by atoms with van der Waals surface area (Å²) in [4.78, 5) is 24.1. The molecule has 1 aliphatic carbocycles. The van der Waals surface area contributed by atoms with E-state index in [1.54, 1.807) is 0 Å². The second-order valence-corrected chi connectivity index (χ2v) is 9.76. The summed E-state index contributed by atoms with van der Waals surface area (Å²) in [7, 11) is 0. The second-order valence-electron chi connectivity index (χ2n) is 8.72. The lowest BCUT2D eigenvalue weighted by Crippen LogP contribution is -2.63. The van der Waals surface area contributed by atoms with Crippen LogP contribution in [0, 0.1) is 12.8 Å². The van der Waals surface area contributed by atoms with E-state index in [-0.39, 0.29) is 5.91 Å². The van der Waals surface area contributed by atoms with Crippen molar-refractivity contribution in [1.29, 1.82) is 0 Å². The van der Waals surface area contributed by atoms with Crippen LogP contribution in [-0.4, -0.2) is 49.9 Å². The van der Waals surface area contributed by atoms with Crippen LogP contribution in [0.2, 0.25) is 0 Å². The third-order valence-electron chi connectivity index (χ3n) is 5.91. The molecule has 10 heteroatoms. The number of aliphatic hydroxyl groups is 1. The zero-order valence-corrected chi connectivity index (χ0v) is 19.4. The van der Waals surface area contributed by atoms with Gasteiger partial charge < -0.3 is 20.6 Å². The van der Waals surface area contributed by atoms with Crippen molar-refractivity contribution in [1.82, 2.24) is 20.2 Å². The zero-order valence-electron chi connectivity index (χ0n) is 18.6. The van der Waals surface area contributed by atoms with Gasteiger partial charge in [0.25, 0.3) is 0 Å². The number of carbonyl (C=O) groups is 1. The summed E-state index contributed by atoms with van der Waals surface area (Å²) in [6.07, 6.45) is 2.65. The highest BCUT2D eigenvalue weighted by atomic mass is 32.2. The van der Waals surface area contributed by atoms with Crippen molar-refractivity contribution >= 4 is 40.8 Å². The Balaban J connectivity index is 1.36. The molecule has 2 fully saturated rings. The van der Waals surface area contributed by atoms with Crippen LogP contribution in [0.1, 0.15) is 31.9 Å². The molecule has 1 saturated heterocycles. The normalized spacial score (nSPS) is 16.9. The fourth-order valence-corrected chi connectivity index (χ4v) is 4.68. The number of nitrogens with zero attached hydrogens (tertiary/aromatic N) is 4. The van der Waals surface area contributed by atoms with Gasteiger partial charge in [-0.15, -0.1) is 0 Å². The Bertz CT molecular complexity index is 1150. The molecule has 0 atom stereocenters. The van der Waals surface area contributed by atoms with Gasteiger partial charge >= 0.3 is 0 Å². The van der Waals surface area contributed by atoms with Crippen molar-refractivity contribution in [3.8, 4) is 0 Å². The Morgan fingerprint density at radius 1 is 1.21 bits per heavy atom. The largest absolute Gasteiger partial charge is 0.386 e. The summed E-state index contributed by atoms with van der Waals surface area (Å²) in [5.41, 5.74) is 1.12. The first-order valence-electron chi connectivity index (χ1n) is 11.1. The molecule has 172 valence electrons. The van der Waals surface area contributed by atoms with Crippen LogP contribution in [0.15, 0.2) is 46.5 Å². The van der Waals surface area contributed by atoms with Crippen molar-refractivity contribution in [2.45, 2.75) is 48.8 Å². The first kappa shape index (κ1) is 21.7. The van der Waals surface area contributed by atoms with Crippen molar-refractivity contribution in [2.75, 3.05) is 28.6 Å². The fourth-order valence-electron chi connectivity index (χ4n) is 3.91. The van der Waals surface area contributed by atoms with Gasteiger partial charge in [-0.05, 0) is 61.7 Å². The van der Waals surface area contributed by atoms with E-state index in [4.69, 9.17) is 4.98 Å². The summed E-state index contributed by atoms with van der Waals surface area (Å²) in [5.74, 6) is 2.50. The van der Waals surface area contributed by atoms with E-state index in [1.165, 1.54) is 11.8 Å². The van der Waals surface area contributed by atoms with Crippen molar-refractivity contribution in [3.63, 3.8) is 0 Å². The van der Waals surface area contributed by atoms with E-state index in [0.717, 1.165) is 34.9 Å². The summed E-state index contributed by atoms with van der Waals surface area (Å²) >= 11 is 1.44. The Hall–Kier alpha value is -3.11. The predicted octanol–water partition coefficient (Wildman–Crippen LogP) is 3.71. The van der Waals surface area contributed by atoms with Gasteiger partial charge in [-0.1, -0.05) is 6.92 Å². The highest BCUT2D eigenvalue weighted by Crippen LogP contribution is 2.45. The van der Waals surface area contributed by atoms with E-state index in [0.29, 0.717) is 42.2 Å². The molecule has 2 aliphatic rings. The van der Waals surface area contributed by atoms with E-state index in [9.17, 15) is 9.90 Å². The van der Waals surface area contributed by atoms with Gasteiger partial charge in [-0.25, -0.2) is 9.97 Å². The van der Waals surface area contributed by atoms with Gasteiger partial charge in [-0.2, -0.15) is 5.10 Å². The average Bonchev–Trinajstić information content (AvgIpc) is 3.55.